The van der Waals surface area contributed by atoms with Gasteiger partial charge in [0, 0.05) is 17.5 Å². The summed E-state index contributed by atoms with van der Waals surface area (Å²) in [5.41, 5.74) is 3.96. The molecule has 1 N–H and O–H groups in total. The lowest BCUT2D eigenvalue weighted by Crippen LogP contribution is -2.11. The molecule has 7 heteroatoms. The highest BCUT2D eigenvalue weighted by atomic mass is 32.1. The molecular weight excluding hydrogens is 477 g/mol. The molecule has 0 aliphatic heterocycles. The number of halogens is 1. The number of aryl methyl sites for hydroxylation is 1. The molecule has 192 valence electrons. The van der Waals surface area contributed by atoms with E-state index >= 15 is 0 Å². The lowest BCUT2D eigenvalue weighted by atomic mass is 9.81. The molecule has 0 saturated carbocycles. The van der Waals surface area contributed by atoms with Gasteiger partial charge in [0.15, 0.2) is 0 Å². The molecule has 2 aromatic carbocycles. The number of methoxy groups -OCH3 is 1. The van der Waals surface area contributed by atoms with Crippen LogP contribution in [0.15, 0.2) is 48.5 Å². The summed E-state index contributed by atoms with van der Waals surface area (Å²) in [6.45, 7) is 8.69. The zero-order valence-electron chi connectivity index (χ0n) is 21.6. The number of nitrogens with zero attached hydrogens (tertiary/aromatic N) is 1. The molecule has 0 atom stereocenters. The van der Waals surface area contributed by atoms with E-state index in [4.69, 9.17) is 14.6 Å². The number of aliphatic carboxylic acids is 1. The number of allylic oxidation sites excluding steroid dienone is 2. The van der Waals surface area contributed by atoms with Crippen molar-refractivity contribution in [3.8, 4) is 22.8 Å². The number of aromatic nitrogens is 1. The monoisotopic (exact) mass is 511 g/mol. The number of hydrogen-bond donors (Lipinski definition) is 1. The summed E-state index contributed by atoms with van der Waals surface area (Å²) in [4.78, 5) is 11.8. The van der Waals surface area contributed by atoms with Crippen molar-refractivity contribution in [2.75, 3.05) is 7.11 Å². The van der Waals surface area contributed by atoms with E-state index in [1.165, 1.54) is 17.6 Å². The maximum Gasteiger partial charge on any atom is 0.303 e. The molecule has 0 bridgehead atoms. The van der Waals surface area contributed by atoms with Crippen molar-refractivity contribution in [1.82, 2.24) is 4.37 Å². The smallest absolute Gasteiger partial charge is 0.303 e. The molecule has 0 unspecified atom stereocenters. The van der Waals surface area contributed by atoms with Gasteiger partial charge in [0.05, 0.1) is 17.7 Å². The summed E-state index contributed by atoms with van der Waals surface area (Å²) in [5, 5.41) is 8.94. The number of carboxylic acid groups (broad SMARTS) is 1. The summed E-state index contributed by atoms with van der Waals surface area (Å²) in [5.74, 6) is 0.0646. The number of rotatable bonds is 9. The van der Waals surface area contributed by atoms with Gasteiger partial charge < -0.3 is 14.6 Å². The van der Waals surface area contributed by atoms with Crippen LogP contribution in [0.1, 0.15) is 63.0 Å². The number of hydrogen-bond acceptors (Lipinski definition) is 5. The van der Waals surface area contributed by atoms with Crippen LogP contribution in [0.3, 0.4) is 0 Å². The van der Waals surface area contributed by atoms with E-state index in [0.29, 0.717) is 29.2 Å². The quantitative estimate of drug-likeness (QED) is 0.318. The van der Waals surface area contributed by atoms with Gasteiger partial charge in [-0.1, -0.05) is 45.9 Å². The van der Waals surface area contributed by atoms with Crippen LogP contribution in [0.5, 0.6) is 11.5 Å². The highest BCUT2D eigenvalue weighted by Crippen LogP contribution is 2.49. The SMILES string of the molecule is CC.COc1ccc(F)c(-c2nsc(COc3cccc(CCC(=O)O)c3)c2C2=CCCC2(C)C)c1. The van der Waals surface area contributed by atoms with Crippen molar-refractivity contribution >= 4 is 23.1 Å². The van der Waals surface area contributed by atoms with Gasteiger partial charge in [-0.3, -0.25) is 4.79 Å². The van der Waals surface area contributed by atoms with Crippen LogP contribution in [0.25, 0.3) is 16.8 Å². The molecule has 3 aromatic rings. The standard InChI is InChI=1S/C27H28FNO4S.C2H6/c1-27(2)13-5-8-21(27)25-23(16-33-19-7-4-6-17(14-19)9-12-24(30)31)34-29-26(25)20-15-18(32-3)10-11-22(20)28;1-2/h4,6-8,10-11,14-15H,5,9,12-13,16H2,1-3H3,(H,30,31);1-2H3. The summed E-state index contributed by atoms with van der Waals surface area (Å²) in [6.07, 6.45) is 4.72. The third-order valence-corrected chi connectivity index (χ3v) is 7.02. The molecule has 1 aromatic heterocycles. The second-order valence-corrected chi connectivity index (χ2v) is 9.90. The molecule has 0 saturated heterocycles. The normalized spacial score (nSPS) is 14.0. The second-order valence-electron chi connectivity index (χ2n) is 9.05. The number of benzene rings is 2. The molecule has 1 heterocycles. The van der Waals surface area contributed by atoms with Gasteiger partial charge in [-0.2, -0.15) is 4.37 Å². The Balaban J connectivity index is 0.00000176. The summed E-state index contributed by atoms with van der Waals surface area (Å²) < 4.78 is 31.0. The number of carbonyl (C=O) groups is 1. The largest absolute Gasteiger partial charge is 0.497 e. The lowest BCUT2D eigenvalue weighted by molar-refractivity contribution is -0.136. The van der Waals surface area contributed by atoms with Gasteiger partial charge in [-0.15, -0.1) is 0 Å². The molecule has 0 spiro atoms. The Morgan fingerprint density at radius 2 is 1.94 bits per heavy atom. The molecule has 1 aliphatic carbocycles. The first kappa shape index (κ1) is 27.4. The van der Waals surface area contributed by atoms with E-state index in [1.807, 2.05) is 38.1 Å². The first-order valence-electron chi connectivity index (χ1n) is 12.3. The summed E-state index contributed by atoms with van der Waals surface area (Å²) >= 11 is 1.32. The van der Waals surface area contributed by atoms with Crippen LogP contribution in [-0.2, 0) is 17.8 Å². The predicted octanol–water partition coefficient (Wildman–Crippen LogP) is 7.78. The Labute approximate surface area is 216 Å². The van der Waals surface area contributed by atoms with Gasteiger partial charge in [0.1, 0.15) is 23.9 Å². The van der Waals surface area contributed by atoms with Gasteiger partial charge in [0.25, 0.3) is 0 Å². The first-order valence-corrected chi connectivity index (χ1v) is 13.0. The molecule has 0 amide bonds. The van der Waals surface area contributed by atoms with E-state index in [1.54, 1.807) is 19.2 Å². The van der Waals surface area contributed by atoms with Crippen molar-refractivity contribution in [1.29, 1.82) is 0 Å². The van der Waals surface area contributed by atoms with E-state index in [-0.39, 0.29) is 24.3 Å². The van der Waals surface area contributed by atoms with Crippen molar-refractivity contribution < 1.29 is 23.8 Å². The molecule has 0 radical (unpaired) electrons. The van der Waals surface area contributed by atoms with Crippen LogP contribution in [0, 0.1) is 11.2 Å². The molecule has 36 heavy (non-hydrogen) atoms. The van der Waals surface area contributed by atoms with Gasteiger partial charge in [0.2, 0.25) is 0 Å². The highest BCUT2D eigenvalue weighted by molar-refractivity contribution is 7.06. The number of carboxylic acids is 1. The van der Waals surface area contributed by atoms with Crippen LogP contribution >= 0.6 is 11.5 Å². The van der Waals surface area contributed by atoms with Crippen molar-refractivity contribution in [3.63, 3.8) is 0 Å². The molecule has 5 nitrogen and oxygen atoms in total. The van der Waals surface area contributed by atoms with E-state index < -0.39 is 5.97 Å². The maximum absolute atomic E-state index is 14.9. The molecular formula is C29H34FNO4S. The molecule has 0 fully saturated rings. The minimum Gasteiger partial charge on any atom is -0.497 e. The van der Waals surface area contributed by atoms with Crippen LogP contribution in [-0.4, -0.2) is 22.6 Å². The van der Waals surface area contributed by atoms with E-state index in [2.05, 4.69) is 24.3 Å². The molecule has 1 aliphatic rings. The fraction of sp³-hybridized carbons (Fsp3) is 0.379. The number of ether oxygens (including phenoxy) is 2. The zero-order chi connectivity index (χ0) is 26.3. The highest BCUT2D eigenvalue weighted by Gasteiger charge is 2.33. The topological polar surface area (TPSA) is 68.7 Å². The fourth-order valence-electron chi connectivity index (χ4n) is 4.32. The Morgan fingerprint density at radius 1 is 1.17 bits per heavy atom. The van der Waals surface area contributed by atoms with Crippen LogP contribution in [0.2, 0.25) is 0 Å². The fourth-order valence-corrected chi connectivity index (χ4v) is 5.12. The lowest BCUT2D eigenvalue weighted by Gasteiger charge is -2.24. The molecule has 4 rings (SSSR count). The van der Waals surface area contributed by atoms with Crippen molar-refractivity contribution in [3.05, 3.63) is 70.4 Å². The maximum atomic E-state index is 14.9. The Kier molecular flexibility index (Phi) is 9.26. The first-order chi connectivity index (χ1) is 17.3. The zero-order valence-corrected chi connectivity index (χ0v) is 22.4. The van der Waals surface area contributed by atoms with Gasteiger partial charge in [-0.25, -0.2) is 4.39 Å². The average Bonchev–Trinajstić information content (AvgIpc) is 3.44. The van der Waals surface area contributed by atoms with Crippen molar-refractivity contribution in [2.45, 2.75) is 60.0 Å². The third-order valence-electron chi connectivity index (χ3n) is 6.20. The van der Waals surface area contributed by atoms with Gasteiger partial charge >= 0.3 is 5.97 Å². The van der Waals surface area contributed by atoms with Crippen LogP contribution < -0.4 is 9.47 Å². The van der Waals surface area contributed by atoms with E-state index in [9.17, 15) is 9.18 Å². The Hall–Kier alpha value is -3.19. The third kappa shape index (κ3) is 6.32. The minimum absolute atomic E-state index is 0.0572. The second kappa shape index (κ2) is 12.2. The minimum atomic E-state index is -0.828. The summed E-state index contributed by atoms with van der Waals surface area (Å²) in [7, 11) is 1.56. The van der Waals surface area contributed by atoms with Crippen molar-refractivity contribution in [2.24, 2.45) is 5.41 Å². The Morgan fingerprint density at radius 3 is 2.61 bits per heavy atom. The van der Waals surface area contributed by atoms with Crippen LogP contribution in [0.4, 0.5) is 4.39 Å². The predicted molar refractivity (Wildman–Crippen MR) is 143 cm³/mol. The summed E-state index contributed by atoms with van der Waals surface area (Å²) in [6, 6.07) is 12.2. The Bertz CT molecular complexity index is 1230. The van der Waals surface area contributed by atoms with Gasteiger partial charge in [-0.05, 0) is 77.7 Å². The average molecular weight is 512 g/mol. The van der Waals surface area contributed by atoms with E-state index in [0.717, 1.165) is 34.4 Å².